The average molecular weight is 338 g/mol. The van der Waals surface area contributed by atoms with Crippen LogP contribution in [0.25, 0.3) is 32.7 Å². The largest absolute Gasteiger partial charge is 0.382 e. The standard InChI is InChI=1S/C22H18N4/c23-22-21-18(17-3-1-2-4-20(17)26-22)12-15(13-25-21)6-5-14-7-8-19-16(11-14)9-10-24-19/h1-4,7-13,24H,5-6H2,(H2,23,26). The first kappa shape index (κ1) is 14.9. The molecule has 0 aliphatic carbocycles. The number of pyridine rings is 2. The van der Waals surface area contributed by atoms with E-state index in [1.165, 1.54) is 22.0 Å². The molecule has 0 amide bonds. The van der Waals surface area contributed by atoms with Crippen molar-refractivity contribution in [2.24, 2.45) is 0 Å². The number of H-pyrrole nitrogens is 1. The molecule has 3 aromatic heterocycles. The van der Waals surface area contributed by atoms with E-state index in [0.29, 0.717) is 5.82 Å². The van der Waals surface area contributed by atoms with Gasteiger partial charge < -0.3 is 10.7 Å². The maximum atomic E-state index is 6.10. The molecule has 3 heterocycles. The Labute approximate surface area is 150 Å². The van der Waals surface area contributed by atoms with Crippen molar-refractivity contribution in [1.82, 2.24) is 15.0 Å². The quantitative estimate of drug-likeness (QED) is 0.471. The third kappa shape index (κ3) is 2.47. The van der Waals surface area contributed by atoms with E-state index >= 15 is 0 Å². The Kier molecular flexibility index (Phi) is 3.35. The number of nitrogens with zero attached hydrogens (tertiary/aromatic N) is 2. The van der Waals surface area contributed by atoms with Crippen LogP contribution in [0, 0.1) is 0 Å². The van der Waals surface area contributed by atoms with Crippen LogP contribution >= 0.6 is 0 Å². The van der Waals surface area contributed by atoms with Gasteiger partial charge in [0.2, 0.25) is 0 Å². The summed E-state index contributed by atoms with van der Waals surface area (Å²) in [6, 6.07) is 19.0. The molecule has 0 unspecified atom stereocenters. The van der Waals surface area contributed by atoms with Gasteiger partial charge in [0, 0.05) is 28.7 Å². The van der Waals surface area contributed by atoms with Crippen LogP contribution in [0.4, 0.5) is 5.82 Å². The number of nitrogens with two attached hydrogens (primary N) is 1. The minimum absolute atomic E-state index is 0.489. The molecular weight excluding hydrogens is 320 g/mol. The van der Waals surface area contributed by atoms with Crippen LogP contribution in [0.1, 0.15) is 11.1 Å². The Morgan fingerprint density at radius 1 is 0.885 bits per heavy atom. The maximum Gasteiger partial charge on any atom is 0.150 e. The SMILES string of the molecule is Nc1nc2ccccc2c2cc(CCc3ccc4[nH]ccc4c3)cnc12. The fourth-order valence-electron chi connectivity index (χ4n) is 3.58. The molecule has 0 spiro atoms. The lowest BCUT2D eigenvalue weighted by Crippen LogP contribution is -1.98. The van der Waals surface area contributed by atoms with Crippen molar-refractivity contribution in [2.75, 3.05) is 5.73 Å². The van der Waals surface area contributed by atoms with Gasteiger partial charge in [-0.15, -0.1) is 0 Å². The van der Waals surface area contributed by atoms with Crippen LogP contribution in [0.15, 0.2) is 67.0 Å². The number of fused-ring (bicyclic) bond motifs is 4. The number of hydrogen-bond acceptors (Lipinski definition) is 3. The number of aromatic nitrogens is 3. The molecule has 4 nitrogen and oxygen atoms in total. The summed E-state index contributed by atoms with van der Waals surface area (Å²) in [5, 5.41) is 3.43. The van der Waals surface area contributed by atoms with E-state index in [2.05, 4.69) is 51.4 Å². The van der Waals surface area contributed by atoms with Gasteiger partial charge in [-0.1, -0.05) is 24.3 Å². The topological polar surface area (TPSA) is 67.6 Å². The molecule has 26 heavy (non-hydrogen) atoms. The first-order valence-electron chi connectivity index (χ1n) is 8.77. The molecule has 0 aliphatic heterocycles. The van der Waals surface area contributed by atoms with Crippen molar-refractivity contribution in [2.45, 2.75) is 12.8 Å². The highest BCUT2D eigenvalue weighted by atomic mass is 14.9. The average Bonchev–Trinajstić information content (AvgIpc) is 3.14. The summed E-state index contributed by atoms with van der Waals surface area (Å²) in [4.78, 5) is 12.3. The van der Waals surface area contributed by atoms with E-state index in [-0.39, 0.29) is 0 Å². The van der Waals surface area contributed by atoms with Gasteiger partial charge in [-0.3, -0.25) is 4.98 Å². The maximum absolute atomic E-state index is 6.10. The van der Waals surface area contributed by atoms with Crippen LogP contribution in [0.2, 0.25) is 0 Å². The molecule has 0 radical (unpaired) electrons. The summed E-state index contributed by atoms with van der Waals surface area (Å²) in [7, 11) is 0. The number of hydrogen-bond donors (Lipinski definition) is 2. The van der Waals surface area contributed by atoms with Gasteiger partial charge in [0.05, 0.1) is 5.52 Å². The number of aromatic amines is 1. The Bertz CT molecular complexity index is 1250. The smallest absolute Gasteiger partial charge is 0.150 e. The zero-order valence-electron chi connectivity index (χ0n) is 14.2. The lowest BCUT2D eigenvalue weighted by molar-refractivity contribution is 0.957. The predicted molar refractivity (Wildman–Crippen MR) is 107 cm³/mol. The second kappa shape index (κ2) is 5.85. The predicted octanol–water partition coefficient (Wildman–Crippen LogP) is 4.63. The second-order valence-corrected chi connectivity index (χ2v) is 6.65. The van der Waals surface area contributed by atoms with Gasteiger partial charge in [-0.2, -0.15) is 0 Å². The molecule has 0 saturated heterocycles. The van der Waals surface area contributed by atoms with Crippen molar-refractivity contribution >= 4 is 38.5 Å². The van der Waals surface area contributed by atoms with E-state index in [1.54, 1.807) is 0 Å². The zero-order chi connectivity index (χ0) is 17.5. The second-order valence-electron chi connectivity index (χ2n) is 6.65. The highest BCUT2D eigenvalue weighted by Gasteiger charge is 2.08. The van der Waals surface area contributed by atoms with Crippen molar-refractivity contribution < 1.29 is 0 Å². The fourth-order valence-corrected chi connectivity index (χ4v) is 3.58. The summed E-state index contributed by atoms with van der Waals surface area (Å²) < 4.78 is 0. The summed E-state index contributed by atoms with van der Waals surface area (Å²) in [5.41, 5.74) is 11.5. The molecular formula is C22H18N4. The Morgan fingerprint density at radius 3 is 2.73 bits per heavy atom. The van der Waals surface area contributed by atoms with Gasteiger partial charge >= 0.3 is 0 Å². The van der Waals surface area contributed by atoms with Crippen LogP contribution < -0.4 is 5.73 Å². The van der Waals surface area contributed by atoms with Crippen molar-refractivity contribution in [1.29, 1.82) is 0 Å². The Morgan fingerprint density at radius 2 is 1.77 bits per heavy atom. The molecule has 0 fully saturated rings. The van der Waals surface area contributed by atoms with Gasteiger partial charge in [0.1, 0.15) is 5.52 Å². The molecule has 3 N–H and O–H groups in total. The van der Waals surface area contributed by atoms with Crippen LogP contribution in [0.5, 0.6) is 0 Å². The molecule has 0 atom stereocenters. The summed E-state index contributed by atoms with van der Waals surface area (Å²) in [6.45, 7) is 0. The van der Waals surface area contributed by atoms with Gasteiger partial charge in [-0.05, 0) is 59.7 Å². The molecule has 0 bridgehead atoms. The van der Waals surface area contributed by atoms with E-state index < -0.39 is 0 Å². The zero-order valence-corrected chi connectivity index (χ0v) is 14.2. The monoisotopic (exact) mass is 338 g/mol. The number of nitrogens with one attached hydrogen (secondary N) is 1. The first-order chi connectivity index (χ1) is 12.8. The number of anilines is 1. The third-order valence-electron chi connectivity index (χ3n) is 4.94. The van der Waals surface area contributed by atoms with E-state index in [4.69, 9.17) is 5.73 Å². The fraction of sp³-hybridized carbons (Fsp3) is 0.0909. The van der Waals surface area contributed by atoms with Crippen molar-refractivity contribution in [3.05, 3.63) is 78.1 Å². The molecule has 2 aromatic carbocycles. The van der Waals surface area contributed by atoms with Gasteiger partial charge in [-0.25, -0.2) is 4.98 Å². The van der Waals surface area contributed by atoms with Crippen molar-refractivity contribution in [3.63, 3.8) is 0 Å². The number of para-hydroxylation sites is 1. The highest BCUT2D eigenvalue weighted by molar-refractivity contribution is 6.08. The summed E-state index contributed by atoms with van der Waals surface area (Å²) >= 11 is 0. The first-order valence-corrected chi connectivity index (χ1v) is 8.77. The summed E-state index contributed by atoms with van der Waals surface area (Å²) in [5.74, 6) is 0.489. The number of benzene rings is 2. The number of rotatable bonds is 3. The Balaban J connectivity index is 1.51. The molecule has 5 rings (SSSR count). The lowest BCUT2D eigenvalue weighted by Gasteiger charge is -2.08. The minimum atomic E-state index is 0.489. The Hall–Kier alpha value is -3.40. The molecule has 5 aromatic rings. The van der Waals surface area contributed by atoms with E-state index in [9.17, 15) is 0 Å². The normalized spacial score (nSPS) is 11.5. The molecule has 126 valence electrons. The highest BCUT2D eigenvalue weighted by Crippen LogP contribution is 2.27. The minimum Gasteiger partial charge on any atom is -0.382 e. The van der Waals surface area contributed by atoms with Gasteiger partial charge in [0.15, 0.2) is 5.82 Å². The lowest BCUT2D eigenvalue weighted by atomic mass is 10.0. The van der Waals surface area contributed by atoms with Gasteiger partial charge in [0.25, 0.3) is 0 Å². The molecule has 0 saturated carbocycles. The van der Waals surface area contributed by atoms with Crippen LogP contribution in [-0.4, -0.2) is 15.0 Å². The van der Waals surface area contributed by atoms with Crippen LogP contribution in [0.3, 0.4) is 0 Å². The number of nitrogen functional groups attached to an aromatic ring is 1. The number of aryl methyl sites for hydroxylation is 2. The van der Waals surface area contributed by atoms with E-state index in [1.807, 2.05) is 30.6 Å². The molecule has 4 heteroatoms. The van der Waals surface area contributed by atoms with Crippen LogP contribution in [-0.2, 0) is 12.8 Å². The van der Waals surface area contributed by atoms with Crippen molar-refractivity contribution in [3.8, 4) is 0 Å². The third-order valence-corrected chi connectivity index (χ3v) is 4.94. The van der Waals surface area contributed by atoms with E-state index in [0.717, 1.165) is 34.6 Å². The summed E-state index contributed by atoms with van der Waals surface area (Å²) in [6.07, 6.45) is 5.82. The molecule has 0 aliphatic rings.